The summed E-state index contributed by atoms with van der Waals surface area (Å²) in [4.78, 5) is 14.2. The minimum Gasteiger partial charge on any atom is -0.487 e. The molecule has 5 rings (SSSR count). The molecule has 1 atom stereocenters. The lowest BCUT2D eigenvalue weighted by molar-refractivity contribution is -0.135. The molecule has 0 aromatic heterocycles. The number of thioether (sulfide) groups is 1. The van der Waals surface area contributed by atoms with Crippen molar-refractivity contribution in [1.29, 1.82) is 0 Å². The van der Waals surface area contributed by atoms with E-state index in [1.165, 1.54) is 23.7 Å². The smallest absolute Gasteiger partial charge is 0.241 e. The van der Waals surface area contributed by atoms with Crippen LogP contribution in [0.1, 0.15) is 44.2 Å². The van der Waals surface area contributed by atoms with Gasteiger partial charge < -0.3 is 9.64 Å². The summed E-state index contributed by atoms with van der Waals surface area (Å²) in [5.74, 6) is -0.697. The lowest BCUT2D eigenvalue weighted by Gasteiger charge is -2.51. The van der Waals surface area contributed by atoms with Gasteiger partial charge in [0.25, 0.3) is 0 Å². The number of carbonyl (C=O) groups is 1. The molecule has 0 radical (unpaired) electrons. The number of hydrogen-bond donors (Lipinski definition) is 0. The van der Waals surface area contributed by atoms with E-state index in [0.29, 0.717) is 12.2 Å². The molecule has 1 saturated heterocycles. The van der Waals surface area contributed by atoms with Crippen molar-refractivity contribution in [3.8, 4) is 5.75 Å². The van der Waals surface area contributed by atoms with E-state index in [2.05, 4.69) is 16.6 Å². The maximum Gasteiger partial charge on any atom is 0.241 e. The molecule has 1 amide bonds. The number of nitrogens with zero attached hydrogens (tertiary/aromatic N) is 3. The fraction of sp³-hybridized carbons (Fsp3) is 0.360. The SMILES string of the molecule is C=C(C)N1CCC2(CC1)CC1(SC(c3cc(F)ccc3F)=NN1C(C)=O)c1ccccc1O2. The van der Waals surface area contributed by atoms with Crippen LogP contribution in [-0.4, -0.2) is 39.6 Å². The van der Waals surface area contributed by atoms with Gasteiger partial charge in [-0.1, -0.05) is 36.5 Å². The van der Waals surface area contributed by atoms with E-state index < -0.39 is 22.1 Å². The molecule has 3 heterocycles. The zero-order valence-corrected chi connectivity index (χ0v) is 19.4. The van der Waals surface area contributed by atoms with E-state index in [1.54, 1.807) is 0 Å². The highest BCUT2D eigenvalue weighted by molar-refractivity contribution is 8.15. The van der Waals surface area contributed by atoms with Crippen LogP contribution in [-0.2, 0) is 9.67 Å². The number of carbonyl (C=O) groups excluding carboxylic acids is 1. The molecular formula is C25H25F2N3O2S. The van der Waals surface area contributed by atoms with Crippen molar-refractivity contribution < 1.29 is 18.3 Å². The Hall–Kier alpha value is -2.87. The summed E-state index contributed by atoms with van der Waals surface area (Å²) in [6, 6.07) is 10.9. The zero-order valence-electron chi connectivity index (χ0n) is 18.6. The number of amides is 1. The van der Waals surface area contributed by atoms with Crippen molar-refractivity contribution in [2.75, 3.05) is 13.1 Å². The molecule has 2 spiro atoms. The van der Waals surface area contributed by atoms with Crippen molar-refractivity contribution in [2.45, 2.75) is 43.6 Å². The van der Waals surface area contributed by atoms with Crippen LogP contribution in [0.2, 0.25) is 0 Å². The highest BCUT2D eigenvalue weighted by Gasteiger charge is 2.58. The first-order valence-corrected chi connectivity index (χ1v) is 11.8. The van der Waals surface area contributed by atoms with Crippen LogP contribution in [0.15, 0.2) is 59.8 Å². The van der Waals surface area contributed by atoms with E-state index in [0.717, 1.165) is 55.4 Å². The van der Waals surface area contributed by atoms with Crippen molar-refractivity contribution >= 4 is 22.7 Å². The number of hydrazone groups is 1. The number of piperidine rings is 1. The zero-order chi connectivity index (χ0) is 23.4. The van der Waals surface area contributed by atoms with E-state index in [-0.39, 0.29) is 16.5 Å². The molecule has 1 unspecified atom stereocenters. The van der Waals surface area contributed by atoms with Crippen molar-refractivity contribution in [1.82, 2.24) is 9.91 Å². The second kappa shape index (κ2) is 7.87. The van der Waals surface area contributed by atoms with Crippen LogP contribution < -0.4 is 4.74 Å². The molecule has 2 aromatic rings. The molecule has 2 aromatic carbocycles. The Morgan fingerprint density at radius 3 is 2.58 bits per heavy atom. The summed E-state index contributed by atoms with van der Waals surface area (Å²) in [7, 11) is 0. The topological polar surface area (TPSA) is 45.1 Å². The van der Waals surface area contributed by atoms with Gasteiger partial charge in [0.2, 0.25) is 5.91 Å². The van der Waals surface area contributed by atoms with Crippen LogP contribution in [0.5, 0.6) is 5.75 Å². The number of fused-ring (bicyclic) bond motifs is 2. The number of para-hydroxylation sites is 1. The maximum atomic E-state index is 14.7. The molecule has 1 fully saturated rings. The molecule has 0 aliphatic carbocycles. The minimum absolute atomic E-state index is 0.0539. The van der Waals surface area contributed by atoms with Gasteiger partial charge in [-0.2, -0.15) is 5.10 Å². The first-order valence-electron chi connectivity index (χ1n) is 11.0. The molecule has 33 heavy (non-hydrogen) atoms. The van der Waals surface area contributed by atoms with Gasteiger partial charge in [0.1, 0.15) is 32.9 Å². The Balaban J connectivity index is 1.60. The number of halogens is 2. The van der Waals surface area contributed by atoms with E-state index in [1.807, 2.05) is 31.2 Å². The predicted molar refractivity (Wildman–Crippen MR) is 125 cm³/mol. The normalized spacial score (nSPS) is 23.3. The highest BCUT2D eigenvalue weighted by atomic mass is 32.2. The number of benzene rings is 2. The van der Waals surface area contributed by atoms with Crippen LogP contribution in [0.4, 0.5) is 8.78 Å². The van der Waals surface area contributed by atoms with Crippen molar-refractivity contribution in [3.63, 3.8) is 0 Å². The fourth-order valence-electron chi connectivity index (χ4n) is 5.02. The Morgan fingerprint density at radius 2 is 1.88 bits per heavy atom. The summed E-state index contributed by atoms with van der Waals surface area (Å²) in [5.41, 5.74) is 1.38. The van der Waals surface area contributed by atoms with E-state index >= 15 is 0 Å². The summed E-state index contributed by atoms with van der Waals surface area (Å²) < 4.78 is 35.2. The summed E-state index contributed by atoms with van der Waals surface area (Å²) in [6.45, 7) is 9.09. The van der Waals surface area contributed by atoms with E-state index in [9.17, 15) is 13.6 Å². The van der Waals surface area contributed by atoms with Gasteiger partial charge in [-0.3, -0.25) is 4.79 Å². The molecule has 5 nitrogen and oxygen atoms in total. The number of ether oxygens (including phenoxy) is 1. The van der Waals surface area contributed by atoms with Crippen LogP contribution in [0, 0.1) is 11.6 Å². The third-order valence-corrected chi connectivity index (χ3v) is 8.04. The van der Waals surface area contributed by atoms with Gasteiger partial charge in [0.05, 0.1) is 0 Å². The Morgan fingerprint density at radius 1 is 1.15 bits per heavy atom. The average molecular weight is 470 g/mol. The Labute approximate surface area is 196 Å². The number of allylic oxidation sites excluding steroid dienone is 1. The summed E-state index contributed by atoms with van der Waals surface area (Å²) in [5, 5.41) is 6.26. The number of likely N-dealkylation sites (tertiary alicyclic amines) is 1. The standard InChI is InChI=1S/C25H25F2N3O2S/c1-16(2)29-12-10-24(11-13-29)15-25(20-6-4-5-7-22(20)32-24)30(17(3)31)28-23(33-25)19-14-18(26)8-9-21(19)27/h4-9,14H,1,10-13,15H2,2-3H3. The largest absolute Gasteiger partial charge is 0.487 e. The van der Waals surface area contributed by atoms with Gasteiger partial charge in [0, 0.05) is 56.1 Å². The first kappa shape index (κ1) is 21.9. The number of hydrogen-bond acceptors (Lipinski definition) is 5. The van der Waals surface area contributed by atoms with Gasteiger partial charge in [-0.15, -0.1) is 0 Å². The Kier molecular flexibility index (Phi) is 5.23. The third kappa shape index (κ3) is 3.60. The summed E-state index contributed by atoms with van der Waals surface area (Å²) >= 11 is 1.30. The molecule has 0 bridgehead atoms. The maximum absolute atomic E-state index is 14.7. The molecule has 8 heteroatoms. The van der Waals surface area contributed by atoms with E-state index in [4.69, 9.17) is 4.74 Å². The molecule has 0 saturated carbocycles. The molecule has 3 aliphatic rings. The highest BCUT2D eigenvalue weighted by Crippen LogP contribution is 2.59. The molecule has 0 N–H and O–H groups in total. The Bertz CT molecular complexity index is 1180. The average Bonchev–Trinajstić information content (AvgIpc) is 3.15. The van der Waals surface area contributed by atoms with Crippen LogP contribution in [0.25, 0.3) is 0 Å². The monoisotopic (exact) mass is 469 g/mol. The minimum atomic E-state index is -0.903. The second-order valence-corrected chi connectivity index (χ2v) is 10.2. The molecule has 3 aliphatic heterocycles. The third-order valence-electron chi connectivity index (χ3n) is 6.67. The fourth-order valence-corrected chi connectivity index (χ4v) is 6.60. The van der Waals surface area contributed by atoms with Crippen LogP contribution >= 0.6 is 11.8 Å². The van der Waals surface area contributed by atoms with Crippen LogP contribution in [0.3, 0.4) is 0 Å². The number of rotatable bonds is 2. The lowest BCUT2D eigenvalue weighted by Crippen LogP contribution is -2.56. The van der Waals surface area contributed by atoms with Crippen molar-refractivity contribution in [2.24, 2.45) is 5.10 Å². The summed E-state index contributed by atoms with van der Waals surface area (Å²) in [6.07, 6.45) is 2.01. The first-order chi connectivity index (χ1) is 15.7. The van der Waals surface area contributed by atoms with Gasteiger partial charge in [0.15, 0.2) is 0 Å². The van der Waals surface area contributed by atoms with Crippen molar-refractivity contribution in [3.05, 3.63) is 77.5 Å². The quantitative estimate of drug-likeness (QED) is 0.605. The second-order valence-electron chi connectivity index (χ2n) is 8.93. The molecule has 172 valence electrons. The van der Waals surface area contributed by atoms with Gasteiger partial charge >= 0.3 is 0 Å². The van der Waals surface area contributed by atoms with Gasteiger partial charge in [-0.25, -0.2) is 13.8 Å². The predicted octanol–water partition coefficient (Wildman–Crippen LogP) is 5.23. The van der Waals surface area contributed by atoms with Gasteiger partial charge in [-0.05, 0) is 31.2 Å². The molecular weight excluding hydrogens is 444 g/mol. The lowest BCUT2D eigenvalue weighted by atomic mass is 9.79.